The summed E-state index contributed by atoms with van der Waals surface area (Å²) in [5, 5.41) is 0. The Labute approximate surface area is 168 Å². The lowest BCUT2D eigenvalue weighted by Gasteiger charge is -2.38. The van der Waals surface area contributed by atoms with Crippen LogP contribution in [0.1, 0.15) is 35.4 Å². The maximum absolute atomic E-state index is 14.0. The number of halogens is 11. The fourth-order valence-corrected chi connectivity index (χ4v) is 2.35. The molecule has 0 heterocycles. The van der Waals surface area contributed by atoms with Gasteiger partial charge in [0.15, 0.2) is 0 Å². The van der Waals surface area contributed by atoms with Gasteiger partial charge in [-0.25, -0.2) is 4.79 Å². The number of esters is 1. The third-order valence-corrected chi connectivity index (χ3v) is 4.12. The molecular formula is C17H15F11O3. The predicted octanol–water partition coefficient (Wildman–Crippen LogP) is 6.04. The molecule has 1 unspecified atom stereocenters. The highest BCUT2D eigenvalue weighted by atomic mass is 19.4. The van der Waals surface area contributed by atoms with Gasteiger partial charge in [0.25, 0.3) is 0 Å². The highest BCUT2D eigenvalue weighted by Crippen LogP contribution is 2.58. The van der Waals surface area contributed by atoms with E-state index in [1.54, 1.807) is 0 Å². The number of rotatable bonds is 9. The van der Waals surface area contributed by atoms with Crippen LogP contribution in [0.3, 0.4) is 0 Å². The number of ether oxygens (including phenoxy) is 2. The van der Waals surface area contributed by atoms with E-state index >= 15 is 0 Å². The smallest absolute Gasteiger partial charge is 0.460 e. The average molecular weight is 476 g/mol. The van der Waals surface area contributed by atoms with E-state index < -0.39 is 48.4 Å². The Morgan fingerprint density at radius 2 is 1.32 bits per heavy atom. The van der Waals surface area contributed by atoms with Crippen molar-refractivity contribution < 1.29 is 62.6 Å². The molecule has 0 N–H and O–H groups in total. The number of carbonyl (C=O) groups excluding carboxylic acids is 1. The van der Waals surface area contributed by atoms with Gasteiger partial charge in [0.2, 0.25) is 0 Å². The average Bonchev–Trinajstić information content (AvgIpc) is 2.65. The molecule has 1 atom stereocenters. The molecule has 0 saturated carbocycles. The second kappa shape index (κ2) is 8.79. The van der Waals surface area contributed by atoms with Crippen molar-refractivity contribution in [2.75, 3.05) is 13.7 Å². The van der Waals surface area contributed by atoms with E-state index in [1.165, 1.54) is 6.92 Å². The minimum Gasteiger partial charge on any atom is -0.462 e. The normalized spacial score (nSPS) is 15.0. The number of methoxy groups -OCH3 is 1. The van der Waals surface area contributed by atoms with Gasteiger partial charge in [0.1, 0.15) is 0 Å². The third kappa shape index (κ3) is 4.88. The van der Waals surface area contributed by atoms with Crippen molar-refractivity contribution in [2.24, 2.45) is 0 Å². The first-order valence-corrected chi connectivity index (χ1v) is 8.25. The zero-order valence-electron chi connectivity index (χ0n) is 15.7. The zero-order chi connectivity index (χ0) is 24.5. The van der Waals surface area contributed by atoms with Crippen LogP contribution in [0.25, 0.3) is 0 Å². The van der Waals surface area contributed by atoms with Crippen molar-refractivity contribution >= 4 is 5.97 Å². The first kappa shape index (κ1) is 26.9. The van der Waals surface area contributed by atoms with E-state index in [1.807, 2.05) is 0 Å². The largest absolute Gasteiger partial charge is 0.462 e. The van der Waals surface area contributed by atoms with Gasteiger partial charge in [-0.15, -0.1) is 0 Å². The van der Waals surface area contributed by atoms with Crippen LogP contribution < -0.4 is 0 Å². The molecule has 0 bridgehead atoms. The van der Waals surface area contributed by atoms with E-state index in [0.29, 0.717) is 7.11 Å². The van der Waals surface area contributed by atoms with Crippen LogP contribution in [0.15, 0.2) is 24.3 Å². The molecule has 0 saturated heterocycles. The number of carbonyl (C=O) groups is 1. The summed E-state index contributed by atoms with van der Waals surface area (Å²) in [4.78, 5) is 11.5. The third-order valence-electron chi connectivity index (χ3n) is 4.12. The van der Waals surface area contributed by atoms with Crippen molar-refractivity contribution in [3.8, 4) is 0 Å². The number of hydrogen-bond acceptors (Lipinski definition) is 3. The Morgan fingerprint density at radius 3 is 1.71 bits per heavy atom. The second-order valence-electron chi connectivity index (χ2n) is 6.20. The summed E-state index contributed by atoms with van der Waals surface area (Å²) in [6.07, 6.45) is -11.7. The molecule has 1 aromatic carbocycles. The van der Waals surface area contributed by atoms with Crippen molar-refractivity contribution in [3.05, 3.63) is 35.4 Å². The van der Waals surface area contributed by atoms with Crippen LogP contribution in [-0.4, -0.2) is 49.6 Å². The van der Waals surface area contributed by atoms with Crippen molar-refractivity contribution in [1.29, 1.82) is 0 Å². The standard InChI is InChI=1S/C17H15F11O3/c1-3-31-12(29)10-6-4-9(5-7-10)11(30-2)8-13(18,19)14(20,21)15(22,23)16(24,25)17(26,27)28/h4-7,11H,3,8H2,1-2H3. The summed E-state index contributed by atoms with van der Waals surface area (Å²) in [6.45, 7) is 1.47. The maximum atomic E-state index is 14.0. The first-order valence-electron chi connectivity index (χ1n) is 8.25. The van der Waals surface area contributed by atoms with E-state index in [0.717, 1.165) is 24.3 Å². The molecule has 0 aliphatic carbocycles. The predicted molar refractivity (Wildman–Crippen MR) is 82.6 cm³/mol. The lowest BCUT2D eigenvalue weighted by molar-refractivity contribution is -0.423. The van der Waals surface area contributed by atoms with Gasteiger partial charge in [-0.1, -0.05) is 12.1 Å². The van der Waals surface area contributed by atoms with E-state index in [-0.39, 0.29) is 17.7 Å². The minimum atomic E-state index is -7.48. The molecule has 31 heavy (non-hydrogen) atoms. The highest BCUT2D eigenvalue weighted by Gasteiger charge is 2.87. The Bertz CT molecular complexity index is 758. The fourth-order valence-electron chi connectivity index (χ4n) is 2.35. The maximum Gasteiger partial charge on any atom is 0.460 e. The molecule has 3 nitrogen and oxygen atoms in total. The Hall–Kier alpha value is -2.12. The monoisotopic (exact) mass is 476 g/mol. The van der Waals surface area contributed by atoms with E-state index in [4.69, 9.17) is 0 Å². The molecule has 1 aromatic rings. The van der Waals surface area contributed by atoms with Crippen LogP contribution in [0.4, 0.5) is 48.3 Å². The molecule has 0 spiro atoms. The highest BCUT2D eigenvalue weighted by molar-refractivity contribution is 5.89. The summed E-state index contributed by atoms with van der Waals surface area (Å²) < 4.78 is 153. The molecule has 0 aliphatic heterocycles. The van der Waals surface area contributed by atoms with Gasteiger partial charge in [-0.3, -0.25) is 0 Å². The summed E-state index contributed by atoms with van der Waals surface area (Å²) >= 11 is 0. The van der Waals surface area contributed by atoms with Crippen LogP contribution >= 0.6 is 0 Å². The summed E-state index contributed by atoms with van der Waals surface area (Å²) in [6, 6.07) is 3.78. The lowest BCUT2D eigenvalue weighted by Crippen LogP contribution is -2.66. The van der Waals surface area contributed by atoms with E-state index in [2.05, 4.69) is 9.47 Å². The van der Waals surface area contributed by atoms with Crippen LogP contribution in [-0.2, 0) is 9.47 Å². The quantitative estimate of drug-likeness (QED) is 0.322. The first-order chi connectivity index (χ1) is 13.9. The summed E-state index contributed by atoms with van der Waals surface area (Å²) in [5.41, 5.74) is -0.481. The molecule has 0 radical (unpaired) electrons. The van der Waals surface area contributed by atoms with Gasteiger partial charge in [0.05, 0.1) is 18.3 Å². The molecule has 178 valence electrons. The van der Waals surface area contributed by atoms with Crippen molar-refractivity contribution in [2.45, 2.75) is 49.3 Å². The van der Waals surface area contributed by atoms with Gasteiger partial charge < -0.3 is 9.47 Å². The molecule has 0 aliphatic rings. The second-order valence-corrected chi connectivity index (χ2v) is 6.20. The topological polar surface area (TPSA) is 35.5 Å². The molecule has 14 heteroatoms. The molecule has 0 amide bonds. The molecule has 1 rings (SSSR count). The Balaban J connectivity index is 3.23. The summed E-state index contributed by atoms with van der Waals surface area (Å²) in [5.74, 6) is -28.9. The van der Waals surface area contributed by atoms with E-state index in [9.17, 15) is 53.1 Å². The molecular weight excluding hydrogens is 461 g/mol. The van der Waals surface area contributed by atoms with Gasteiger partial charge in [-0.2, -0.15) is 48.3 Å². The van der Waals surface area contributed by atoms with Crippen LogP contribution in [0.2, 0.25) is 0 Å². The van der Waals surface area contributed by atoms with Crippen molar-refractivity contribution in [1.82, 2.24) is 0 Å². The SMILES string of the molecule is CCOC(=O)c1ccc(C(CC(F)(F)C(F)(F)C(F)(F)C(F)(F)C(F)(F)F)OC)cc1. The van der Waals surface area contributed by atoms with Gasteiger partial charge >= 0.3 is 35.8 Å². The number of benzene rings is 1. The number of hydrogen-bond donors (Lipinski definition) is 0. The van der Waals surface area contributed by atoms with Crippen LogP contribution in [0, 0.1) is 0 Å². The van der Waals surface area contributed by atoms with Gasteiger partial charge in [0, 0.05) is 13.5 Å². The fraction of sp³-hybridized carbons (Fsp3) is 0.588. The summed E-state index contributed by atoms with van der Waals surface area (Å²) in [7, 11) is 0.681. The Morgan fingerprint density at radius 1 is 0.839 bits per heavy atom. The van der Waals surface area contributed by atoms with Crippen LogP contribution in [0.5, 0.6) is 0 Å². The van der Waals surface area contributed by atoms with Gasteiger partial charge in [-0.05, 0) is 24.6 Å². The molecule has 0 aromatic heterocycles. The minimum absolute atomic E-state index is 0.0145. The number of alkyl halides is 11. The molecule has 0 fully saturated rings. The lowest BCUT2D eigenvalue weighted by atomic mass is 9.92. The zero-order valence-corrected chi connectivity index (χ0v) is 15.7. The Kier molecular flexibility index (Phi) is 7.63. The van der Waals surface area contributed by atoms with Crippen molar-refractivity contribution in [3.63, 3.8) is 0 Å².